The van der Waals surface area contributed by atoms with Crippen LogP contribution in [0.4, 0.5) is 5.69 Å². The molecule has 0 saturated heterocycles. The zero-order valence-corrected chi connectivity index (χ0v) is 10.3. The van der Waals surface area contributed by atoms with Gasteiger partial charge in [0.25, 0.3) is 0 Å². The molecule has 0 amide bonds. The van der Waals surface area contributed by atoms with E-state index in [0.29, 0.717) is 5.92 Å². The molecule has 1 aromatic rings. The number of hydrogen-bond acceptors (Lipinski definition) is 1. The Balaban J connectivity index is 2.61. The van der Waals surface area contributed by atoms with Gasteiger partial charge in [0.2, 0.25) is 0 Å². The third-order valence-electron chi connectivity index (χ3n) is 3.37. The molecule has 0 aliphatic heterocycles. The van der Waals surface area contributed by atoms with Crippen molar-refractivity contribution in [2.45, 2.75) is 40.0 Å². The quantitative estimate of drug-likeness (QED) is 0.737. The molecule has 2 N–H and O–H groups in total. The molecule has 1 nitrogen and oxygen atoms in total. The van der Waals surface area contributed by atoms with Crippen LogP contribution in [-0.4, -0.2) is 0 Å². The normalized spacial score (nSPS) is 15.3. The highest BCUT2D eigenvalue weighted by Gasteiger charge is 2.13. The summed E-state index contributed by atoms with van der Waals surface area (Å²) in [6, 6.07) is 8.28. The minimum atomic E-state index is 0.628. The summed E-state index contributed by atoms with van der Waals surface area (Å²) < 4.78 is 0. The summed E-state index contributed by atoms with van der Waals surface area (Å²) in [4.78, 5) is 0. The summed E-state index contributed by atoms with van der Waals surface area (Å²) in [6.45, 7) is 9.21. The summed E-state index contributed by atoms with van der Waals surface area (Å²) in [5.74, 6) is 2.17. The van der Waals surface area contributed by atoms with E-state index in [4.69, 9.17) is 5.73 Å². The topological polar surface area (TPSA) is 26.0 Å². The van der Waals surface area contributed by atoms with Gasteiger partial charge in [0.15, 0.2) is 0 Å². The number of hydrogen-bond donors (Lipinski definition) is 1. The fourth-order valence-electron chi connectivity index (χ4n) is 1.79. The van der Waals surface area contributed by atoms with Gasteiger partial charge in [-0.25, -0.2) is 0 Å². The average molecular weight is 205 g/mol. The molecule has 0 aromatic heterocycles. The Kier molecular flexibility index (Phi) is 4.19. The van der Waals surface area contributed by atoms with E-state index in [0.717, 1.165) is 17.5 Å². The lowest BCUT2D eigenvalue weighted by molar-refractivity contribution is 0.369. The third kappa shape index (κ3) is 3.58. The molecule has 1 rings (SSSR count). The van der Waals surface area contributed by atoms with E-state index in [9.17, 15) is 0 Å². The molecular formula is C14H23N. The van der Waals surface area contributed by atoms with E-state index in [1.54, 1.807) is 0 Å². The Labute approximate surface area is 93.7 Å². The Morgan fingerprint density at radius 2 is 1.53 bits per heavy atom. The van der Waals surface area contributed by atoms with Crippen molar-refractivity contribution in [1.29, 1.82) is 0 Å². The van der Waals surface area contributed by atoms with Crippen LogP contribution >= 0.6 is 0 Å². The van der Waals surface area contributed by atoms with Crippen LogP contribution in [0.3, 0.4) is 0 Å². The molecule has 0 radical (unpaired) electrons. The molecule has 2 atom stereocenters. The van der Waals surface area contributed by atoms with Crippen LogP contribution in [0.15, 0.2) is 24.3 Å². The first-order valence-electron chi connectivity index (χ1n) is 5.86. The predicted octanol–water partition coefficient (Wildman–Crippen LogP) is 4.05. The van der Waals surface area contributed by atoms with Crippen molar-refractivity contribution in [3.8, 4) is 0 Å². The SMILES string of the molecule is CC(CC(C)C(C)C)c1ccc(N)cc1. The van der Waals surface area contributed by atoms with Gasteiger partial charge in [0.1, 0.15) is 0 Å². The molecule has 0 heterocycles. The van der Waals surface area contributed by atoms with Gasteiger partial charge in [0, 0.05) is 5.69 Å². The zero-order valence-electron chi connectivity index (χ0n) is 10.3. The van der Waals surface area contributed by atoms with Crippen molar-refractivity contribution in [1.82, 2.24) is 0 Å². The lowest BCUT2D eigenvalue weighted by atomic mass is 9.85. The van der Waals surface area contributed by atoms with Gasteiger partial charge in [0.05, 0.1) is 0 Å². The first-order valence-corrected chi connectivity index (χ1v) is 5.86. The lowest BCUT2D eigenvalue weighted by Gasteiger charge is -2.20. The highest BCUT2D eigenvalue weighted by molar-refractivity contribution is 5.40. The molecular weight excluding hydrogens is 182 g/mol. The second kappa shape index (κ2) is 5.20. The maximum atomic E-state index is 5.68. The van der Waals surface area contributed by atoms with E-state index in [1.807, 2.05) is 12.1 Å². The monoisotopic (exact) mass is 205 g/mol. The number of nitrogen functional groups attached to an aromatic ring is 1. The molecule has 0 saturated carbocycles. The second-order valence-electron chi connectivity index (χ2n) is 5.02. The summed E-state index contributed by atoms with van der Waals surface area (Å²) in [6.07, 6.45) is 1.25. The maximum absolute atomic E-state index is 5.68. The van der Waals surface area contributed by atoms with Crippen LogP contribution < -0.4 is 5.73 Å². The minimum absolute atomic E-state index is 0.628. The first-order chi connectivity index (χ1) is 7.00. The van der Waals surface area contributed by atoms with Crippen LogP contribution in [0.2, 0.25) is 0 Å². The molecule has 1 aromatic carbocycles. The fourth-order valence-corrected chi connectivity index (χ4v) is 1.79. The number of anilines is 1. The van der Waals surface area contributed by atoms with E-state index >= 15 is 0 Å². The Hall–Kier alpha value is -0.980. The van der Waals surface area contributed by atoms with Crippen molar-refractivity contribution >= 4 is 5.69 Å². The highest BCUT2D eigenvalue weighted by Crippen LogP contribution is 2.27. The van der Waals surface area contributed by atoms with Crippen LogP contribution in [0, 0.1) is 11.8 Å². The smallest absolute Gasteiger partial charge is 0.0314 e. The van der Waals surface area contributed by atoms with Crippen molar-refractivity contribution in [3.05, 3.63) is 29.8 Å². The standard InChI is InChI=1S/C14H23N/c1-10(2)11(3)9-12(4)13-5-7-14(15)8-6-13/h5-8,10-12H,9,15H2,1-4H3. The molecule has 2 unspecified atom stereocenters. The number of benzene rings is 1. The van der Waals surface area contributed by atoms with Crippen molar-refractivity contribution in [2.24, 2.45) is 11.8 Å². The molecule has 15 heavy (non-hydrogen) atoms. The van der Waals surface area contributed by atoms with Crippen LogP contribution in [0.1, 0.15) is 45.6 Å². The largest absolute Gasteiger partial charge is 0.399 e. The Morgan fingerprint density at radius 1 is 1.00 bits per heavy atom. The van der Waals surface area contributed by atoms with Gasteiger partial charge < -0.3 is 5.73 Å². The molecule has 0 aliphatic rings. The molecule has 0 spiro atoms. The van der Waals surface area contributed by atoms with Gasteiger partial charge in [-0.1, -0.05) is 39.8 Å². The van der Waals surface area contributed by atoms with Gasteiger partial charge in [-0.2, -0.15) is 0 Å². The van der Waals surface area contributed by atoms with Crippen LogP contribution in [0.25, 0.3) is 0 Å². The number of nitrogens with two attached hydrogens (primary N) is 1. The molecule has 0 fully saturated rings. The summed E-state index contributed by atoms with van der Waals surface area (Å²) >= 11 is 0. The Morgan fingerprint density at radius 3 is 2.00 bits per heavy atom. The van der Waals surface area contributed by atoms with Gasteiger partial charge in [-0.15, -0.1) is 0 Å². The average Bonchev–Trinajstić information content (AvgIpc) is 2.18. The summed E-state index contributed by atoms with van der Waals surface area (Å²) in [5, 5.41) is 0. The molecule has 1 heteroatoms. The second-order valence-corrected chi connectivity index (χ2v) is 5.02. The predicted molar refractivity (Wildman–Crippen MR) is 67.9 cm³/mol. The maximum Gasteiger partial charge on any atom is 0.0314 e. The summed E-state index contributed by atoms with van der Waals surface area (Å²) in [7, 11) is 0. The van der Waals surface area contributed by atoms with Crippen molar-refractivity contribution < 1.29 is 0 Å². The van der Waals surface area contributed by atoms with Gasteiger partial charge in [-0.05, 0) is 41.9 Å². The zero-order chi connectivity index (χ0) is 11.4. The van der Waals surface area contributed by atoms with E-state index in [2.05, 4.69) is 39.8 Å². The third-order valence-corrected chi connectivity index (χ3v) is 3.37. The fraction of sp³-hybridized carbons (Fsp3) is 0.571. The van der Waals surface area contributed by atoms with E-state index in [1.165, 1.54) is 12.0 Å². The highest BCUT2D eigenvalue weighted by atomic mass is 14.5. The van der Waals surface area contributed by atoms with Crippen molar-refractivity contribution in [2.75, 3.05) is 5.73 Å². The molecule has 0 bridgehead atoms. The molecule has 84 valence electrons. The lowest BCUT2D eigenvalue weighted by Crippen LogP contribution is -2.08. The first kappa shape index (κ1) is 12.1. The van der Waals surface area contributed by atoms with Crippen LogP contribution in [0.5, 0.6) is 0 Å². The van der Waals surface area contributed by atoms with Gasteiger partial charge in [-0.3, -0.25) is 0 Å². The summed E-state index contributed by atoms with van der Waals surface area (Å²) in [5.41, 5.74) is 7.93. The molecule has 0 aliphatic carbocycles. The van der Waals surface area contributed by atoms with Crippen LogP contribution in [-0.2, 0) is 0 Å². The van der Waals surface area contributed by atoms with E-state index < -0.39 is 0 Å². The van der Waals surface area contributed by atoms with E-state index in [-0.39, 0.29) is 0 Å². The van der Waals surface area contributed by atoms with Crippen molar-refractivity contribution in [3.63, 3.8) is 0 Å². The Bertz CT molecular complexity index is 287. The van der Waals surface area contributed by atoms with Gasteiger partial charge >= 0.3 is 0 Å². The minimum Gasteiger partial charge on any atom is -0.399 e. The number of rotatable bonds is 4.